The van der Waals surface area contributed by atoms with Gasteiger partial charge in [-0.25, -0.2) is 22.0 Å². The molecule has 0 amide bonds. The summed E-state index contributed by atoms with van der Waals surface area (Å²) >= 11 is 0. The number of aryl methyl sites for hydroxylation is 1. The summed E-state index contributed by atoms with van der Waals surface area (Å²) in [7, 11) is 0. The molecule has 0 saturated carbocycles. The number of halogens is 8. The molecule has 3 aromatic carbocycles. The summed E-state index contributed by atoms with van der Waals surface area (Å²) < 4.78 is 109. The molecule has 0 radical (unpaired) electrons. The van der Waals surface area contributed by atoms with Crippen molar-refractivity contribution in [3.8, 4) is 22.3 Å². The maximum absolute atomic E-state index is 14.8. The third-order valence-electron chi connectivity index (χ3n) is 5.01. The highest BCUT2D eigenvalue weighted by molar-refractivity contribution is 5.73. The number of allylic oxidation sites excluding steroid dienone is 1. The van der Waals surface area contributed by atoms with Crippen LogP contribution in [-0.2, 0) is 6.42 Å². The summed E-state index contributed by atoms with van der Waals surface area (Å²) in [6.07, 6.45) is -2.53. The van der Waals surface area contributed by atoms with Gasteiger partial charge in [-0.05, 0) is 65.9 Å². The number of rotatable bonds is 6. The highest BCUT2D eigenvalue weighted by atomic mass is 19.4. The third-order valence-corrected chi connectivity index (χ3v) is 5.01. The summed E-state index contributed by atoms with van der Waals surface area (Å²) in [5, 5.41) is 0. The van der Waals surface area contributed by atoms with E-state index >= 15 is 0 Å². The molecular formula is C25H18F8. The van der Waals surface area contributed by atoms with Gasteiger partial charge >= 0.3 is 6.18 Å². The van der Waals surface area contributed by atoms with Crippen LogP contribution in [0.15, 0.2) is 48.5 Å². The van der Waals surface area contributed by atoms with Gasteiger partial charge in [-0.1, -0.05) is 25.5 Å². The molecule has 0 fully saturated rings. The Kier molecular flexibility index (Phi) is 7.25. The Labute approximate surface area is 185 Å². The first-order valence-electron chi connectivity index (χ1n) is 10.0. The van der Waals surface area contributed by atoms with Crippen molar-refractivity contribution in [2.75, 3.05) is 0 Å². The molecule has 0 spiro atoms. The molecule has 0 atom stereocenters. The zero-order chi connectivity index (χ0) is 24.3. The van der Waals surface area contributed by atoms with Gasteiger partial charge in [-0.3, -0.25) is 0 Å². The molecule has 33 heavy (non-hydrogen) atoms. The van der Waals surface area contributed by atoms with E-state index in [9.17, 15) is 35.1 Å². The fourth-order valence-corrected chi connectivity index (χ4v) is 3.40. The maximum atomic E-state index is 14.8. The second-order valence-corrected chi connectivity index (χ2v) is 7.46. The van der Waals surface area contributed by atoms with Gasteiger partial charge in [-0.15, -0.1) is 0 Å². The van der Waals surface area contributed by atoms with Gasteiger partial charge in [0.1, 0.15) is 29.1 Å². The molecule has 0 aliphatic heterocycles. The molecule has 8 heteroatoms. The Morgan fingerprint density at radius 1 is 0.727 bits per heavy atom. The minimum absolute atomic E-state index is 0.0513. The van der Waals surface area contributed by atoms with E-state index in [4.69, 9.17) is 0 Å². The predicted octanol–water partition coefficient (Wildman–Crippen LogP) is 8.63. The number of hydrogen-bond acceptors (Lipinski definition) is 0. The first-order valence-corrected chi connectivity index (χ1v) is 10.0. The highest BCUT2D eigenvalue weighted by Gasteiger charge is 2.23. The quantitative estimate of drug-likeness (QED) is 0.316. The lowest BCUT2D eigenvalue weighted by atomic mass is 9.96. The van der Waals surface area contributed by atoms with Crippen molar-refractivity contribution in [1.82, 2.24) is 0 Å². The van der Waals surface area contributed by atoms with Crippen LogP contribution in [0.4, 0.5) is 35.1 Å². The maximum Gasteiger partial charge on any atom is 0.409 e. The van der Waals surface area contributed by atoms with Gasteiger partial charge in [0.2, 0.25) is 0 Å². The van der Waals surface area contributed by atoms with Crippen molar-refractivity contribution < 1.29 is 35.1 Å². The van der Waals surface area contributed by atoms with Gasteiger partial charge in [0.25, 0.3) is 0 Å². The fraction of sp³-hybridized carbons (Fsp3) is 0.200. The van der Waals surface area contributed by atoms with Crippen LogP contribution in [0.5, 0.6) is 0 Å². The van der Waals surface area contributed by atoms with Crippen LogP contribution in [0, 0.1) is 29.1 Å². The molecule has 0 aliphatic carbocycles. The van der Waals surface area contributed by atoms with E-state index in [1.54, 1.807) is 6.07 Å². The Bertz CT molecular complexity index is 1150. The van der Waals surface area contributed by atoms with Crippen molar-refractivity contribution in [3.05, 3.63) is 88.8 Å². The van der Waals surface area contributed by atoms with Crippen LogP contribution in [-0.4, -0.2) is 6.18 Å². The summed E-state index contributed by atoms with van der Waals surface area (Å²) in [5.74, 6) is -5.95. The summed E-state index contributed by atoms with van der Waals surface area (Å²) in [4.78, 5) is 0. The second kappa shape index (κ2) is 9.77. The van der Waals surface area contributed by atoms with Crippen LogP contribution in [0.3, 0.4) is 0 Å². The molecule has 0 unspecified atom stereocenters. The van der Waals surface area contributed by atoms with Crippen LogP contribution in [0.1, 0.15) is 30.9 Å². The largest absolute Gasteiger partial charge is 0.409 e. The molecule has 3 aromatic rings. The third kappa shape index (κ3) is 5.80. The van der Waals surface area contributed by atoms with Crippen molar-refractivity contribution in [2.24, 2.45) is 0 Å². The van der Waals surface area contributed by atoms with E-state index in [0.29, 0.717) is 18.6 Å². The lowest BCUT2D eigenvalue weighted by Crippen LogP contribution is -2.01. The molecule has 3 rings (SSSR count). The molecule has 0 bridgehead atoms. The Morgan fingerprint density at radius 2 is 1.30 bits per heavy atom. The van der Waals surface area contributed by atoms with E-state index < -0.39 is 52.0 Å². The number of hydrogen-bond donors (Lipinski definition) is 0. The minimum Gasteiger partial charge on any atom is -0.206 e. The van der Waals surface area contributed by atoms with Crippen molar-refractivity contribution >= 4 is 6.08 Å². The molecule has 0 heterocycles. The van der Waals surface area contributed by atoms with Crippen LogP contribution in [0.2, 0.25) is 0 Å². The first-order chi connectivity index (χ1) is 15.5. The first kappa shape index (κ1) is 24.5. The monoisotopic (exact) mass is 470 g/mol. The van der Waals surface area contributed by atoms with Crippen molar-refractivity contribution in [3.63, 3.8) is 0 Å². The van der Waals surface area contributed by atoms with Crippen LogP contribution >= 0.6 is 0 Å². The Balaban J connectivity index is 2.00. The lowest BCUT2D eigenvalue weighted by Gasteiger charge is -2.12. The number of unbranched alkanes of at least 4 members (excludes halogenated alkanes) is 1. The normalized spacial score (nSPS) is 12.0. The molecule has 0 N–H and O–H groups in total. The van der Waals surface area contributed by atoms with Gasteiger partial charge in [0.05, 0.1) is 5.56 Å². The standard InChI is InChI=1S/C25H18F8/c1-2-3-4-14-5-6-17(19(26)9-14)15-10-22(29)24(23(30)11-15)16-12-20(27)18(21(28)13-16)7-8-25(31,32)33/h5-13H,2-4H2,1H3/b8-7+. The number of alkyl halides is 3. The summed E-state index contributed by atoms with van der Waals surface area (Å²) in [6.45, 7) is 1.99. The molecule has 0 nitrogen and oxygen atoms in total. The zero-order valence-corrected chi connectivity index (χ0v) is 17.3. The average molecular weight is 470 g/mol. The van der Waals surface area contributed by atoms with Crippen molar-refractivity contribution in [2.45, 2.75) is 32.4 Å². The van der Waals surface area contributed by atoms with E-state index in [1.807, 2.05) is 6.92 Å². The summed E-state index contributed by atoms with van der Waals surface area (Å²) in [5.41, 5.74) is -1.77. The van der Waals surface area contributed by atoms with Crippen LogP contribution < -0.4 is 0 Å². The number of benzene rings is 3. The predicted molar refractivity (Wildman–Crippen MR) is 111 cm³/mol. The lowest BCUT2D eigenvalue weighted by molar-refractivity contribution is -0.0790. The van der Waals surface area contributed by atoms with Crippen molar-refractivity contribution in [1.29, 1.82) is 0 Å². The Hall–Kier alpha value is -3.16. The molecule has 0 aliphatic rings. The molecular weight excluding hydrogens is 452 g/mol. The second-order valence-electron chi connectivity index (χ2n) is 7.46. The van der Waals surface area contributed by atoms with Gasteiger partial charge in [0, 0.05) is 17.2 Å². The Morgan fingerprint density at radius 3 is 1.82 bits per heavy atom. The average Bonchev–Trinajstić information content (AvgIpc) is 2.70. The van der Waals surface area contributed by atoms with E-state index in [-0.39, 0.29) is 23.3 Å². The zero-order valence-electron chi connectivity index (χ0n) is 17.3. The van der Waals surface area contributed by atoms with E-state index in [1.165, 1.54) is 12.1 Å². The highest BCUT2D eigenvalue weighted by Crippen LogP contribution is 2.34. The molecule has 0 saturated heterocycles. The van der Waals surface area contributed by atoms with Gasteiger partial charge < -0.3 is 0 Å². The van der Waals surface area contributed by atoms with E-state index in [2.05, 4.69) is 0 Å². The molecule has 174 valence electrons. The smallest absolute Gasteiger partial charge is 0.206 e. The summed E-state index contributed by atoms with van der Waals surface area (Å²) in [6, 6.07) is 7.05. The minimum atomic E-state index is -4.80. The fourth-order valence-electron chi connectivity index (χ4n) is 3.40. The van der Waals surface area contributed by atoms with Gasteiger partial charge in [-0.2, -0.15) is 13.2 Å². The van der Waals surface area contributed by atoms with Gasteiger partial charge in [0.15, 0.2) is 0 Å². The van der Waals surface area contributed by atoms with E-state index in [0.717, 1.165) is 30.5 Å². The van der Waals surface area contributed by atoms with Crippen LogP contribution in [0.25, 0.3) is 28.3 Å². The molecule has 0 aromatic heterocycles. The topological polar surface area (TPSA) is 0 Å². The SMILES string of the molecule is CCCCc1ccc(-c2cc(F)c(-c3cc(F)c(/C=C/C(F)(F)F)c(F)c3)c(F)c2)c(F)c1.